The van der Waals surface area contributed by atoms with Crippen LogP contribution in [0.15, 0.2) is 54.9 Å². The van der Waals surface area contributed by atoms with E-state index in [9.17, 15) is 9.59 Å². The normalized spacial score (nSPS) is 9.96. The van der Waals surface area contributed by atoms with Crippen molar-refractivity contribution in [1.29, 1.82) is 5.26 Å². The first kappa shape index (κ1) is 17.4. The molecule has 0 aliphatic rings. The monoisotopic (exact) mass is 321 g/mol. The van der Waals surface area contributed by atoms with E-state index in [1.807, 2.05) is 12.1 Å². The van der Waals surface area contributed by atoms with Crippen LogP contribution in [0.3, 0.4) is 0 Å². The highest BCUT2D eigenvalue weighted by Gasteiger charge is 2.16. The smallest absolute Gasteiger partial charge is 0.223 e. The highest BCUT2D eigenvalue weighted by Crippen LogP contribution is 2.10. The van der Waals surface area contributed by atoms with Crippen molar-refractivity contribution in [2.24, 2.45) is 0 Å². The number of carbonyl (C=O) groups is 2. The summed E-state index contributed by atoms with van der Waals surface area (Å²) in [5.74, 6) is -0.177. The van der Waals surface area contributed by atoms with E-state index < -0.39 is 0 Å². The predicted molar refractivity (Wildman–Crippen MR) is 89.9 cm³/mol. The number of pyridine rings is 1. The third kappa shape index (κ3) is 5.33. The highest BCUT2D eigenvalue weighted by molar-refractivity contribution is 5.97. The van der Waals surface area contributed by atoms with Crippen LogP contribution in [-0.4, -0.2) is 28.1 Å². The lowest BCUT2D eigenvalue weighted by molar-refractivity contribution is -0.131. The topological polar surface area (TPSA) is 74.1 Å². The van der Waals surface area contributed by atoms with Crippen molar-refractivity contribution in [2.75, 3.05) is 6.54 Å². The summed E-state index contributed by atoms with van der Waals surface area (Å²) in [7, 11) is 0. The Morgan fingerprint density at radius 2 is 1.88 bits per heavy atom. The molecule has 0 atom stereocenters. The number of nitrogens with zero attached hydrogens (tertiary/aromatic N) is 3. The van der Waals surface area contributed by atoms with Gasteiger partial charge in [0.1, 0.15) is 0 Å². The Balaban J connectivity index is 1.94. The molecule has 2 aromatic rings. The van der Waals surface area contributed by atoms with Gasteiger partial charge in [-0.05, 0) is 11.6 Å². The number of hydrogen-bond donors (Lipinski definition) is 0. The number of carbonyl (C=O) groups excluding carboxylic acids is 2. The van der Waals surface area contributed by atoms with Gasteiger partial charge in [0.15, 0.2) is 5.78 Å². The Hall–Kier alpha value is -3.00. The second kappa shape index (κ2) is 9.21. The van der Waals surface area contributed by atoms with Crippen molar-refractivity contribution < 1.29 is 9.59 Å². The van der Waals surface area contributed by atoms with Crippen LogP contribution in [-0.2, 0) is 11.3 Å². The van der Waals surface area contributed by atoms with E-state index in [1.54, 1.807) is 47.6 Å². The molecule has 0 unspecified atom stereocenters. The van der Waals surface area contributed by atoms with E-state index in [-0.39, 0.29) is 31.0 Å². The maximum Gasteiger partial charge on any atom is 0.223 e. The lowest BCUT2D eigenvalue weighted by Gasteiger charge is -2.21. The molecule has 0 saturated carbocycles. The zero-order valence-corrected chi connectivity index (χ0v) is 13.4. The van der Waals surface area contributed by atoms with E-state index >= 15 is 0 Å². The van der Waals surface area contributed by atoms with Crippen LogP contribution in [0.25, 0.3) is 0 Å². The molecule has 0 N–H and O–H groups in total. The van der Waals surface area contributed by atoms with Crippen molar-refractivity contribution in [3.8, 4) is 6.07 Å². The maximum absolute atomic E-state index is 12.4. The summed E-state index contributed by atoms with van der Waals surface area (Å²) in [5.41, 5.74) is 1.51. The Labute approximate surface area is 141 Å². The van der Waals surface area contributed by atoms with Crippen LogP contribution in [0.4, 0.5) is 0 Å². The number of amides is 1. The van der Waals surface area contributed by atoms with Crippen molar-refractivity contribution in [3.63, 3.8) is 0 Å². The molecule has 0 saturated heterocycles. The number of benzene rings is 1. The first-order chi connectivity index (χ1) is 11.7. The fourth-order valence-electron chi connectivity index (χ4n) is 2.34. The summed E-state index contributed by atoms with van der Waals surface area (Å²) in [5, 5.41) is 8.78. The Bertz CT molecular complexity index is 708. The van der Waals surface area contributed by atoms with Gasteiger partial charge < -0.3 is 4.90 Å². The van der Waals surface area contributed by atoms with Crippen molar-refractivity contribution in [2.45, 2.75) is 25.8 Å². The molecule has 0 aliphatic carbocycles. The van der Waals surface area contributed by atoms with E-state index in [1.165, 1.54) is 0 Å². The summed E-state index contributed by atoms with van der Waals surface area (Å²) in [6.07, 6.45) is 3.93. The molecule has 0 spiro atoms. The standard InChI is InChI=1S/C19H19N3O2/c20-11-5-13-22(15-16-6-4-12-21-14-16)19(24)10-9-18(23)17-7-2-1-3-8-17/h1-4,6-8,12,14H,5,9-10,13,15H2. The van der Waals surface area contributed by atoms with Crippen molar-refractivity contribution in [3.05, 3.63) is 66.0 Å². The molecule has 1 amide bonds. The van der Waals surface area contributed by atoms with Crippen LogP contribution in [0.2, 0.25) is 0 Å². The first-order valence-electron chi connectivity index (χ1n) is 7.82. The summed E-state index contributed by atoms with van der Waals surface area (Å²) in [6.45, 7) is 0.748. The lowest BCUT2D eigenvalue weighted by Crippen LogP contribution is -2.31. The van der Waals surface area contributed by atoms with E-state index in [0.29, 0.717) is 18.7 Å². The van der Waals surface area contributed by atoms with Gasteiger partial charge in [-0.2, -0.15) is 5.26 Å². The van der Waals surface area contributed by atoms with Crippen molar-refractivity contribution >= 4 is 11.7 Å². The molecule has 0 bridgehead atoms. The van der Waals surface area contributed by atoms with Crippen LogP contribution >= 0.6 is 0 Å². The fourth-order valence-corrected chi connectivity index (χ4v) is 2.34. The zero-order valence-electron chi connectivity index (χ0n) is 13.4. The van der Waals surface area contributed by atoms with Gasteiger partial charge in [0.25, 0.3) is 0 Å². The molecule has 5 nitrogen and oxygen atoms in total. The number of ketones is 1. The Morgan fingerprint density at radius 3 is 2.54 bits per heavy atom. The molecule has 1 aromatic carbocycles. The number of aromatic nitrogens is 1. The van der Waals surface area contributed by atoms with Gasteiger partial charge >= 0.3 is 0 Å². The summed E-state index contributed by atoms with van der Waals surface area (Å²) >= 11 is 0. The quantitative estimate of drug-likeness (QED) is 0.701. The van der Waals surface area contributed by atoms with Gasteiger partial charge in [-0.15, -0.1) is 0 Å². The minimum atomic E-state index is -0.126. The average molecular weight is 321 g/mol. The van der Waals surface area contributed by atoms with E-state index in [2.05, 4.69) is 11.1 Å². The van der Waals surface area contributed by atoms with E-state index in [4.69, 9.17) is 5.26 Å². The van der Waals surface area contributed by atoms with Gasteiger partial charge in [-0.1, -0.05) is 36.4 Å². The third-order valence-electron chi connectivity index (χ3n) is 3.60. The minimum absolute atomic E-state index is 0.0504. The summed E-state index contributed by atoms with van der Waals surface area (Å²) < 4.78 is 0. The Morgan fingerprint density at radius 1 is 1.08 bits per heavy atom. The first-order valence-corrected chi connectivity index (χ1v) is 7.82. The predicted octanol–water partition coefficient (Wildman–Crippen LogP) is 2.99. The second-order valence-corrected chi connectivity index (χ2v) is 5.37. The third-order valence-corrected chi connectivity index (χ3v) is 3.60. The van der Waals surface area contributed by atoms with Crippen LogP contribution < -0.4 is 0 Å². The van der Waals surface area contributed by atoms with Gasteiger partial charge in [0.05, 0.1) is 12.5 Å². The molecule has 1 heterocycles. The minimum Gasteiger partial charge on any atom is -0.337 e. The van der Waals surface area contributed by atoms with E-state index in [0.717, 1.165) is 5.56 Å². The van der Waals surface area contributed by atoms with Crippen LogP contribution in [0.5, 0.6) is 0 Å². The highest BCUT2D eigenvalue weighted by atomic mass is 16.2. The second-order valence-electron chi connectivity index (χ2n) is 5.37. The van der Waals surface area contributed by atoms with Gasteiger partial charge in [-0.25, -0.2) is 0 Å². The Kier molecular flexibility index (Phi) is 6.66. The molecule has 5 heteroatoms. The molecule has 24 heavy (non-hydrogen) atoms. The SMILES string of the molecule is N#CCCN(Cc1cccnc1)C(=O)CCC(=O)c1ccccc1. The molecular formula is C19H19N3O2. The van der Waals surface area contributed by atoms with Crippen molar-refractivity contribution in [1.82, 2.24) is 9.88 Å². The number of hydrogen-bond acceptors (Lipinski definition) is 4. The number of rotatable bonds is 8. The molecular weight excluding hydrogens is 302 g/mol. The maximum atomic E-state index is 12.4. The van der Waals surface area contributed by atoms with Gasteiger partial charge in [-0.3, -0.25) is 14.6 Å². The largest absolute Gasteiger partial charge is 0.337 e. The summed E-state index contributed by atoms with van der Waals surface area (Å²) in [4.78, 5) is 30.2. The molecule has 0 fully saturated rings. The average Bonchev–Trinajstić information content (AvgIpc) is 2.64. The molecule has 0 radical (unpaired) electrons. The molecule has 122 valence electrons. The van der Waals surface area contributed by atoms with Gasteiger partial charge in [0, 0.05) is 43.9 Å². The number of Topliss-reactive ketones (excluding diaryl/α,β-unsaturated/α-hetero) is 1. The van der Waals surface area contributed by atoms with Crippen LogP contribution in [0, 0.1) is 11.3 Å². The number of nitriles is 1. The molecule has 2 rings (SSSR count). The van der Waals surface area contributed by atoms with Gasteiger partial charge in [0.2, 0.25) is 5.91 Å². The molecule has 1 aromatic heterocycles. The fraction of sp³-hybridized carbons (Fsp3) is 0.263. The van der Waals surface area contributed by atoms with Crippen LogP contribution in [0.1, 0.15) is 35.2 Å². The molecule has 0 aliphatic heterocycles. The summed E-state index contributed by atoms with van der Waals surface area (Å²) in [6, 6.07) is 14.7. The zero-order chi connectivity index (χ0) is 17.2. The lowest BCUT2D eigenvalue weighted by atomic mass is 10.1.